The lowest BCUT2D eigenvalue weighted by atomic mass is 10.0. The molecule has 0 aromatic carbocycles. The third-order valence-electron chi connectivity index (χ3n) is 3.84. The molecular formula is C15H26N2S. The van der Waals surface area contributed by atoms with Gasteiger partial charge in [0, 0.05) is 23.4 Å². The highest BCUT2D eigenvalue weighted by Crippen LogP contribution is 2.40. The Morgan fingerprint density at radius 3 is 2.78 bits per heavy atom. The summed E-state index contributed by atoms with van der Waals surface area (Å²) in [5.41, 5.74) is 1.38. The Kier molecular flexibility index (Phi) is 4.44. The van der Waals surface area contributed by atoms with Crippen molar-refractivity contribution in [3.05, 3.63) is 16.1 Å². The molecule has 1 aliphatic carbocycles. The summed E-state index contributed by atoms with van der Waals surface area (Å²) in [4.78, 5) is 4.82. The van der Waals surface area contributed by atoms with E-state index < -0.39 is 0 Å². The van der Waals surface area contributed by atoms with E-state index >= 15 is 0 Å². The first-order chi connectivity index (χ1) is 8.48. The van der Waals surface area contributed by atoms with Gasteiger partial charge in [-0.1, -0.05) is 13.3 Å². The number of aromatic nitrogens is 1. The minimum atomic E-state index is 0.171. The SMILES string of the molecule is CCC1CCC(c2nc(CNC(C)(C)C)cs2)C1. The normalized spacial score (nSPS) is 24.7. The monoisotopic (exact) mass is 266 g/mol. The van der Waals surface area contributed by atoms with E-state index in [1.165, 1.54) is 36.4 Å². The van der Waals surface area contributed by atoms with E-state index in [0.29, 0.717) is 0 Å². The maximum Gasteiger partial charge on any atom is 0.0959 e. The van der Waals surface area contributed by atoms with Gasteiger partial charge in [-0.15, -0.1) is 11.3 Å². The lowest BCUT2D eigenvalue weighted by Gasteiger charge is -2.19. The molecular weight excluding hydrogens is 240 g/mol. The number of thiazole rings is 1. The standard InChI is InChI=1S/C15H26N2S/c1-5-11-6-7-12(8-11)14-17-13(10-18-14)9-16-15(2,3)4/h10-12,16H,5-9H2,1-4H3. The molecule has 2 nitrogen and oxygen atoms in total. The van der Waals surface area contributed by atoms with Crippen molar-refractivity contribution in [3.63, 3.8) is 0 Å². The summed E-state index contributed by atoms with van der Waals surface area (Å²) in [6, 6.07) is 0. The van der Waals surface area contributed by atoms with Crippen LogP contribution in [0, 0.1) is 5.92 Å². The molecule has 102 valence electrons. The van der Waals surface area contributed by atoms with Gasteiger partial charge in [-0.05, 0) is 46.0 Å². The van der Waals surface area contributed by atoms with Crippen LogP contribution in [0.15, 0.2) is 5.38 Å². The Labute approximate surface area is 115 Å². The zero-order valence-electron chi connectivity index (χ0n) is 12.1. The number of hydrogen-bond acceptors (Lipinski definition) is 3. The van der Waals surface area contributed by atoms with Gasteiger partial charge < -0.3 is 5.32 Å². The predicted octanol–water partition coefficient (Wildman–Crippen LogP) is 4.32. The van der Waals surface area contributed by atoms with Crippen LogP contribution in [0.2, 0.25) is 0 Å². The van der Waals surface area contributed by atoms with Crippen LogP contribution in [-0.2, 0) is 6.54 Å². The highest BCUT2D eigenvalue weighted by molar-refractivity contribution is 7.09. The lowest BCUT2D eigenvalue weighted by Crippen LogP contribution is -2.35. The van der Waals surface area contributed by atoms with Gasteiger partial charge in [0.2, 0.25) is 0 Å². The summed E-state index contributed by atoms with van der Waals surface area (Å²) in [6.07, 6.45) is 5.44. The van der Waals surface area contributed by atoms with Crippen LogP contribution in [-0.4, -0.2) is 10.5 Å². The molecule has 2 atom stereocenters. The van der Waals surface area contributed by atoms with Crippen LogP contribution in [0.25, 0.3) is 0 Å². The Bertz CT molecular complexity index is 378. The first-order valence-corrected chi connectivity index (χ1v) is 8.05. The van der Waals surface area contributed by atoms with Crippen LogP contribution >= 0.6 is 11.3 Å². The molecule has 0 bridgehead atoms. The molecule has 0 radical (unpaired) electrons. The van der Waals surface area contributed by atoms with Crippen molar-refractivity contribution in [2.24, 2.45) is 5.92 Å². The molecule has 1 heterocycles. The molecule has 0 spiro atoms. The molecule has 1 aromatic rings. The second-order valence-electron chi connectivity index (χ2n) is 6.56. The van der Waals surface area contributed by atoms with Gasteiger partial charge in [0.25, 0.3) is 0 Å². The molecule has 2 unspecified atom stereocenters. The van der Waals surface area contributed by atoms with Gasteiger partial charge in [-0.3, -0.25) is 0 Å². The molecule has 1 saturated carbocycles. The number of nitrogens with one attached hydrogen (secondary N) is 1. The van der Waals surface area contributed by atoms with Crippen LogP contribution in [0.5, 0.6) is 0 Å². The molecule has 1 N–H and O–H groups in total. The van der Waals surface area contributed by atoms with Crippen molar-refractivity contribution >= 4 is 11.3 Å². The molecule has 3 heteroatoms. The third kappa shape index (κ3) is 3.79. The van der Waals surface area contributed by atoms with Gasteiger partial charge >= 0.3 is 0 Å². The molecule has 2 rings (SSSR count). The largest absolute Gasteiger partial charge is 0.306 e. The topological polar surface area (TPSA) is 24.9 Å². The van der Waals surface area contributed by atoms with Gasteiger partial charge in [-0.25, -0.2) is 4.98 Å². The summed E-state index contributed by atoms with van der Waals surface area (Å²) in [5.74, 6) is 1.68. The minimum Gasteiger partial charge on any atom is -0.306 e. The molecule has 1 aromatic heterocycles. The van der Waals surface area contributed by atoms with Crippen LogP contribution in [0.3, 0.4) is 0 Å². The lowest BCUT2D eigenvalue weighted by molar-refractivity contribution is 0.421. The third-order valence-corrected chi connectivity index (χ3v) is 4.89. The van der Waals surface area contributed by atoms with Gasteiger partial charge in [0.05, 0.1) is 10.7 Å². The number of rotatable bonds is 4. The van der Waals surface area contributed by atoms with Crippen molar-refractivity contribution in [2.75, 3.05) is 0 Å². The van der Waals surface area contributed by atoms with E-state index in [2.05, 4.69) is 38.4 Å². The maximum atomic E-state index is 4.82. The molecule has 1 fully saturated rings. The van der Waals surface area contributed by atoms with E-state index in [-0.39, 0.29) is 5.54 Å². The number of hydrogen-bond donors (Lipinski definition) is 1. The smallest absolute Gasteiger partial charge is 0.0959 e. The van der Waals surface area contributed by atoms with Crippen molar-refractivity contribution in [1.82, 2.24) is 10.3 Å². The second-order valence-corrected chi connectivity index (χ2v) is 7.45. The Balaban J connectivity index is 1.90. The Morgan fingerprint density at radius 2 is 2.17 bits per heavy atom. The van der Waals surface area contributed by atoms with E-state index in [4.69, 9.17) is 4.98 Å². The fourth-order valence-electron chi connectivity index (χ4n) is 2.62. The summed E-state index contributed by atoms with van der Waals surface area (Å²) < 4.78 is 0. The quantitative estimate of drug-likeness (QED) is 0.877. The highest BCUT2D eigenvalue weighted by Gasteiger charge is 2.26. The van der Waals surface area contributed by atoms with Crippen molar-refractivity contribution in [2.45, 2.75) is 71.4 Å². The summed E-state index contributed by atoms with van der Waals surface area (Å²) in [6.45, 7) is 9.80. The van der Waals surface area contributed by atoms with E-state index in [1.807, 2.05) is 11.3 Å². The predicted molar refractivity (Wildman–Crippen MR) is 79.1 cm³/mol. The summed E-state index contributed by atoms with van der Waals surface area (Å²) >= 11 is 1.86. The maximum absolute atomic E-state index is 4.82. The number of nitrogens with zero attached hydrogens (tertiary/aromatic N) is 1. The first-order valence-electron chi connectivity index (χ1n) is 7.17. The van der Waals surface area contributed by atoms with Crippen LogP contribution in [0.4, 0.5) is 0 Å². The van der Waals surface area contributed by atoms with Crippen LogP contribution in [0.1, 0.15) is 70.0 Å². The van der Waals surface area contributed by atoms with E-state index in [9.17, 15) is 0 Å². The molecule has 0 saturated heterocycles. The zero-order chi connectivity index (χ0) is 13.2. The highest BCUT2D eigenvalue weighted by atomic mass is 32.1. The molecule has 18 heavy (non-hydrogen) atoms. The van der Waals surface area contributed by atoms with E-state index in [1.54, 1.807) is 0 Å². The van der Waals surface area contributed by atoms with E-state index in [0.717, 1.165) is 18.4 Å². The fourth-order valence-corrected chi connectivity index (χ4v) is 3.59. The Morgan fingerprint density at radius 1 is 1.39 bits per heavy atom. The van der Waals surface area contributed by atoms with Crippen molar-refractivity contribution in [3.8, 4) is 0 Å². The van der Waals surface area contributed by atoms with Gasteiger partial charge in [-0.2, -0.15) is 0 Å². The first kappa shape index (κ1) is 14.0. The summed E-state index contributed by atoms with van der Waals surface area (Å²) in [5, 5.41) is 7.11. The molecule has 0 aliphatic heterocycles. The molecule has 0 amide bonds. The van der Waals surface area contributed by atoms with Gasteiger partial charge in [0.1, 0.15) is 0 Å². The fraction of sp³-hybridized carbons (Fsp3) is 0.800. The average molecular weight is 266 g/mol. The van der Waals surface area contributed by atoms with Crippen molar-refractivity contribution in [1.29, 1.82) is 0 Å². The second kappa shape index (κ2) is 5.70. The molecule has 1 aliphatic rings. The zero-order valence-corrected chi connectivity index (χ0v) is 12.9. The van der Waals surface area contributed by atoms with Gasteiger partial charge in [0.15, 0.2) is 0 Å². The van der Waals surface area contributed by atoms with Crippen molar-refractivity contribution < 1.29 is 0 Å². The summed E-state index contributed by atoms with van der Waals surface area (Å²) in [7, 11) is 0. The van der Waals surface area contributed by atoms with Crippen LogP contribution < -0.4 is 5.32 Å². The minimum absolute atomic E-state index is 0.171. The Hall–Kier alpha value is -0.410. The average Bonchev–Trinajstić information content (AvgIpc) is 2.94.